The van der Waals surface area contributed by atoms with Crippen molar-refractivity contribution in [1.82, 2.24) is 20.4 Å². The van der Waals surface area contributed by atoms with Crippen molar-refractivity contribution in [2.24, 2.45) is 4.99 Å². The van der Waals surface area contributed by atoms with E-state index < -0.39 is 11.6 Å². The van der Waals surface area contributed by atoms with Gasteiger partial charge in [0.2, 0.25) is 0 Å². The fraction of sp³-hybridized carbons (Fsp3) is 0.545. The Hall–Kier alpha value is -1.91. The van der Waals surface area contributed by atoms with Crippen LogP contribution in [-0.4, -0.2) is 41.4 Å². The molecule has 4 rings (SSSR count). The van der Waals surface area contributed by atoms with Crippen LogP contribution in [0.3, 0.4) is 0 Å². The monoisotopic (exact) mass is 544 g/mol. The Morgan fingerprint density at radius 2 is 1.90 bits per heavy atom. The molecule has 1 aromatic heterocycles. The number of hydrogen-bond donors (Lipinski definition) is 2. The highest BCUT2D eigenvalue weighted by molar-refractivity contribution is 14.0. The number of anilines is 1. The van der Waals surface area contributed by atoms with Gasteiger partial charge < -0.3 is 15.5 Å². The highest BCUT2D eigenvalue weighted by atomic mass is 127. The maximum atomic E-state index is 14.1. The summed E-state index contributed by atoms with van der Waals surface area (Å²) in [4.78, 5) is 6.43. The molecule has 2 fully saturated rings. The first-order valence-corrected chi connectivity index (χ1v) is 10.9. The van der Waals surface area contributed by atoms with Crippen molar-refractivity contribution in [3.05, 3.63) is 47.8 Å². The van der Waals surface area contributed by atoms with Gasteiger partial charge in [0.25, 0.3) is 0 Å². The van der Waals surface area contributed by atoms with Gasteiger partial charge in [0, 0.05) is 31.9 Å². The molecule has 0 bridgehead atoms. The first kappa shape index (κ1) is 23.7. The highest BCUT2D eigenvalue weighted by Gasteiger charge is 2.27. The van der Waals surface area contributed by atoms with Crippen molar-refractivity contribution in [3.63, 3.8) is 0 Å². The molecule has 1 atom stereocenters. The van der Waals surface area contributed by atoms with Gasteiger partial charge in [0.05, 0.1) is 18.3 Å². The molecular formula is C22H31F2IN6. The van der Waals surface area contributed by atoms with Crippen LogP contribution in [0.2, 0.25) is 0 Å². The molecule has 1 saturated heterocycles. The molecule has 2 aliphatic rings. The quantitative estimate of drug-likeness (QED) is 0.325. The Morgan fingerprint density at radius 3 is 2.61 bits per heavy atom. The van der Waals surface area contributed by atoms with Crippen molar-refractivity contribution < 1.29 is 8.78 Å². The number of aromatic nitrogens is 2. The predicted octanol–water partition coefficient (Wildman–Crippen LogP) is 4.23. The van der Waals surface area contributed by atoms with Crippen LogP contribution in [-0.2, 0) is 6.54 Å². The number of rotatable bonds is 6. The van der Waals surface area contributed by atoms with Crippen LogP contribution in [0.25, 0.3) is 0 Å². The fourth-order valence-corrected chi connectivity index (χ4v) is 4.38. The van der Waals surface area contributed by atoms with E-state index in [0.29, 0.717) is 31.6 Å². The SMILES string of the molecule is CCNC(=NCc1ccn(C2CCCC2)n1)NC1CCN(c2c(F)cccc2F)C1.I. The predicted molar refractivity (Wildman–Crippen MR) is 130 cm³/mol. The number of benzene rings is 1. The lowest BCUT2D eigenvalue weighted by Gasteiger charge is -2.21. The second-order valence-electron chi connectivity index (χ2n) is 8.07. The van der Waals surface area contributed by atoms with Gasteiger partial charge >= 0.3 is 0 Å². The summed E-state index contributed by atoms with van der Waals surface area (Å²) in [5.74, 6) is -0.336. The summed E-state index contributed by atoms with van der Waals surface area (Å²) in [5, 5.41) is 11.4. The molecule has 0 spiro atoms. The first-order valence-electron chi connectivity index (χ1n) is 10.9. The molecule has 9 heteroatoms. The molecule has 1 aliphatic heterocycles. The van der Waals surface area contributed by atoms with Gasteiger partial charge in [-0.1, -0.05) is 18.9 Å². The Labute approximate surface area is 199 Å². The van der Waals surface area contributed by atoms with Gasteiger partial charge in [-0.25, -0.2) is 13.8 Å². The highest BCUT2D eigenvalue weighted by Crippen LogP contribution is 2.29. The molecule has 1 aromatic carbocycles. The zero-order valence-corrected chi connectivity index (χ0v) is 20.2. The fourth-order valence-electron chi connectivity index (χ4n) is 4.38. The molecule has 0 radical (unpaired) electrons. The average molecular weight is 544 g/mol. The molecule has 2 N–H and O–H groups in total. The number of hydrogen-bond acceptors (Lipinski definition) is 3. The summed E-state index contributed by atoms with van der Waals surface area (Å²) < 4.78 is 30.3. The number of halogens is 3. The van der Waals surface area contributed by atoms with E-state index >= 15 is 0 Å². The lowest BCUT2D eigenvalue weighted by Crippen LogP contribution is -2.44. The number of nitrogens with one attached hydrogen (secondary N) is 2. The summed E-state index contributed by atoms with van der Waals surface area (Å²) in [5.41, 5.74) is 1.00. The summed E-state index contributed by atoms with van der Waals surface area (Å²) in [6, 6.07) is 6.62. The van der Waals surface area contributed by atoms with Crippen LogP contribution in [0.1, 0.15) is 50.8 Å². The third kappa shape index (κ3) is 5.87. The third-order valence-electron chi connectivity index (χ3n) is 5.89. The van der Waals surface area contributed by atoms with Crippen molar-refractivity contribution in [1.29, 1.82) is 0 Å². The standard InChI is InChI=1S/C22H30F2N6.HI/c1-2-25-22(26-14-16-11-13-30(28-16)18-6-3-4-7-18)27-17-10-12-29(15-17)21-19(23)8-5-9-20(21)24;/h5,8-9,11,13,17-18H,2-4,6-7,10,12,14-15H2,1H3,(H2,25,26,27);1H. The van der Waals surface area contributed by atoms with Gasteiger partial charge in [-0.15, -0.1) is 24.0 Å². The number of guanidine groups is 1. The second-order valence-corrected chi connectivity index (χ2v) is 8.07. The average Bonchev–Trinajstić information content (AvgIpc) is 3.48. The van der Waals surface area contributed by atoms with Gasteiger partial charge in [0.15, 0.2) is 5.96 Å². The summed E-state index contributed by atoms with van der Waals surface area (Å²) in [7, 11) is 0. The molecule has 170 valence electrons. The van der Waals surface area contributed by atoms with E-state index in [2.05, 4.69) is 31.6 Å². The van der Waals surface area contributed by atoms with Gasteiger partial charge in [-0.2, -0.15) is 5.10 Å². The third-order valence-corrected chi connectivity index (χ3v) is 5.89. The number of para-hydroxylation sites is 1. The van der Waals surface area contributed by atoms with E-state index in [1.807, 2.05) is 13.0 Å². The smallest absolute Gasteiger partial charge is 0.191 e. The van der Waals surface area contributed by atoms with Crippen LogP contribution in [0.5, 0.6) is 0 Å². The minimum absolute atomic E-state index is 0. The largest absolute Gasteiger partial charge is 0.365 e. The molecule has 2 aromatic rings. The Bertz CT molecular complexity index is 860. The zero-order chi connectivity index (χ0) is 20.9. The zero-order valence-electron chi connectivity index (χ0n) is 17.9. The van der Waals surface area contributed by atoms with E-state index in [-0.39, 0.29) is 35.7 Å². The van der Waals surface area contributed by atoms with E-state index in [9.17, 15) is 8.78 Å². The van der Waals surface area contributed by atoms with E-state index in [4.69, 9.17) is 0 Å². The van der Waals surface area contributed by atoms with Crippen LogP contribution in [0.4, 0.5) is 14.5 Å². The lowest BCUT2D eigenvalue weighted by molar-refractivity contribution is 0.463. The normalized spacial score (nSPS) is 19.5. The maximum Gasteiger partial charge on any atom is 0.191 e. The topological polar surface area (TPSA) is 57.5 Å². The van der Waals surface area contributed by atoms with Crippen molar-refractivity contribution in [3.8, 4) is 0 Å². The molecule has 31 heavy (non-hydrogen) atoms. The van der Waals surface area contributed by atoms with Crippen molar-refractivity contribution in [2.45, 2.75) is 57.7 Å². The van der Waals surface area contributed by atoms with Crippen LogP contribution >= 0.6 is 24.0 Å². The molecule has 0 amide bonds. The Morgan fingerprint density at radius 1 is 1.16 bits per heavy atom. The Balaban J connectivity index is 0.00000272. The molecule has 2 heterocycles. The minimum atomic E-state index is -0.519. The Kier molecular flexibility index (Phi) is 8.50. The van der Waals surface area contributed by atoms with Crippen LogP contribution < -0.4 is 15.5 Å². The van der Waals surface area contributed by atoms with Gasteiger partial charge in [-0.3, -0.25) is 4.68 Å². The molecule has 1 unspecified atom stereocenters. The first-order chi connectivity index (χ1) is 14.6. The van der Waals surface area contributed by atoms with E-state index in [0.717, 1.165) is 18.7 Å². The molecular weight excluding hydrogens is 513 g/mol. The summed E-state index contributed by atoms with van der Waals surface area (Å²) in [6.45, 7) is 4.37. The second kappa shape index (κ2) is 11.1. The summed E-state index contributed by atoms with van der Waals surface area (Å²) in [6.07, 6.45) is 7.81. The lowest BCUT2D eigenvalue weighted by atomic mass is 10.2. The van der Waals surface area contributed by atoms with Gasteiger partial charge in [0.1, 0.15) is 17.3 Å². The van der Waals surface area contributed by atoms with E-state index in [1.54, 1.807) is 4.90 Å². The number of aliphatic imine (C=N–C) groups is 1. The maximum absolute atomic E-state index is 14.1. The van der Waals surface area contributed by atoms with E-state index in [1.165, 1.54) is 43.9 Å². The summed E-state index contributed by atoms with van der Waals surface area (Å²) >= 11 is 0. The minimum Gasteiger partial charge on any atom is -0.365 e. The molecule has 1 aliphatic carbocycles. The van der Waals surface area contributed by atoms with Crippen LogP contribution in [0, 0.1) is 11.6 Å². The molecule has 6 nitrogen and oxygen atoms in total. The van der Waals surface area contributed by atoms with Crippen molar-refractivity contribution in [2.75, 3.05) is 24.5 Å². The molecule has 1 saturated carbocycles. The number of nitrogens with zero attached hydrogens (tertiary/aromatic N) is 4. The van der Waals surface area contributed by atoms with Crippen LogP contribution in [0.15, 0.2) is 35.5 Å². The van der Waals surface area contributed by atoms with Gasteiger partial charge in [-0.05, 0) is 44.4 Å². The van der Waals surface area contributed by atoms with Crippen molar-refractivity contribution >= 4 is 35.6 Å².